The molecule has 2 N–H and O–H groups in total. The zero-order valence-electron chi connectivity index (χ0n) is 10.4. The smallest absolute Gasteiger partial charge is 0.0735 e. The van der Waals surface area contributed by atoms with E-state index in [1.165, 1.54) is 19.3 Å². The quantitative estimate of drug-likeness (QED) is 0.839. The molecule has 2 unspecified atom stereocenters. The largest absolute Gasteiger partial charge is 0.372 e. The van der Waals surface area contributed by atoms with Crippen molar-refractivity contribution >= 4 is 27.5 Å². The van der Waals surface area contributed by atoms with Crippen molar-refractivity contribution < 1.29 is 4.74 Å². The normalized spacial score (nSPS) is 24.8. The molecular weight excluding hydrogens is 314 g/mol. The topological polar surface area (TPSA) is 35.2 Å². The maximum atomic E-state index is 6.17. The van der Waals surface area contributed by atoms with E-state index < -0.39 is 0 Å². The first-order valence-corrected chi connectivity index (χ1v) is 7.65. The van der Waals surface area contributed by atoms with Gasteiger partial charge in [-0.2, -0.15) is 0 Å². The van der Waals surface area contributed by atoms with E-state index >= 15 is 0 Å². The molecule has 1 aromatic rings. The van der Waals surface area contributed by atoms with Gasteiger partial charge in [-0.05, 0) is 30.5 Å². The Morgan fingerprint density at radius 2 is 2.06 bits per heavy atom. The van der Waals surface area contributed by atoms with Crippen LogP contribution < -0.4 is 5.73 Å². The van der Waals surface area contributed by atoms with Crippen molar-refractivity contribution in [2.75, 3.05) is 0 Å². The van der Waals surface area contributed by atoms with Gasteiger partial charge in [-0.15, -0.1) is 0 Å². The van der Waals surface area contributed by atoms with E-state index in [-0.39, 0.29) is 12.1 Å². The molecule has 1 aliphatic rings. The van der Waals surface area contributed by atoms with Gasteiger partial charge in [0, 0.05) is 15.5 Å². The van der Waals surface area contributed by atoms with Crippen LogP contribution in [0.3, 0.4) is 0 Å². The van der Waals surface area contributed by atoms with Gasteiger partial charge in [0.2, 0.25) is 0 Å². The highest BCUT2D eigenvalue weighted by atomic mass is 79.9. The fraction of sp³-hybridized carbons (Fsp3) is 0.571. The molecule has 2 atom stereocenters. The third-order valence-corrected chi connectivity index (χ3v) is 4.32. The molecule has 0 amide bonds. The first kappa shape index (κ1) is 14.3. The second kappa shape index (κ2) is 6.90. The number of hydrogen-bond acceptors (Lipinski definition) is 2. The lowest BCUT2D eigenvalue weighted by molar-refractivity contribution is 0.0195. The third-order valence-electron chi connectivity index (χ3n) is 3.47. The van der Waals surface area contributed by atoms with Gasteiger partial charge in [-0.1, -0.05) is 52.9 Å². The van der Waals surface area contributed by atoms with Crippen LogP contribution in [0.1, 0.15) is 37.7 Å². The van der Waals surface area contributed by atoms with Gasteiger partial charge in [-0.25, -0.2) is 0 Å². The maximum Gasteiger partial charge on any atom is 0.0735 e. The van der Waals surface area contributed by atoms with Crippen LogP contribution in [0.2, 0.25) is 5.02 Å². The Hall–Kier alpha value is -0.0900. The van der Waals surface area contributed by atoms with E-state index in [9.17, 15) is 0 Å². The van der Waals surface area contributed by atoms with Gasteiger partial charge >= 0.3 is 0 Å². The summed E-state index contributed by atoms with van der Waals surface area (Å²) in [4.78, 5) is 0. The van der Waals surface area contributed by atoms with Crippen LogP contribution in [0.15, 0.2) is 22.7 Å². The van der Waals surface area contributed by atoms with Gasteiger partial charge in [0.15, 0.2) is 0 Å². The predicted molar refractivity (Wildman–Crippen MR) is 78.8 cm³/mol. The van der Waals surface area contributed by atoms with Crippen molar-refractivity contribution in [1.82, 2.24) is 0 Å². The molecule has 1 aromatic carbocycles. The first-order chi connectivity index (χ1) is 8.66. The van der Waals surface area contributed by atoms with E-state index in [1.807, 2.05) is 18.2 Å². The molecule has 4 heteroatoms. The molecule has 2 rings (SSSR count). The summed E-state index contributed by atoms with van der Waals surface area (Å²) in [6, 6.07) is 6.04. The molecule has 0 aliphatic heterocycles. The Morgan fingerprint density at radius 1 is 1.28 bits per heavy atom. The third kappa shape index (κ3) is 3.95. The Balaban J connectivity index is 1.93. The fourth-order valence-corrected chi connectivity index (χ4v) is 3.07. The second-order valence-electron chi connectivity index (χ2n) is 4.89. The van der Waals surface area contributed by atoms with Gasteiger partial charge in [-0.3, -0.25) is 0 Å². The number of nitrogens with two attached hydrogens (primary N) is 1. The molecule has 1 fully saturated rings. The SMILES string of the molecule is NC1CCCCCC1OCc1ccc(Br)cc1Cl. The molecular formula is C14H19BrClNO. The van der Waals surface area contributed by atoms with Crippen LogP contribution in [0.25, 0.3) is 0 Å². The zero-order valence-corrected chi connectivity index (χ0v) is 12.7. The molecule has 0 spiro atoms. The van der Waals surface area contributed by atoms with Gasteiger partial charge in [0.25, 0.3) is 0 Å². The average Bonchev–Trinajstić information content (AvgIpc) is 2.53. The number of hydrogen-bond donors (Lipinski definition) is 1. The highest BCUT2D eigenvalue weighted by Gasteiger charge is 2.21. The summed E-state index contributed by atoms with van der Waals surface area (Å²) in [7, 11) is 0. The van der Waals surface area contributed by atoms with Gasteiger partial charge < -0.3 is 10.5 Å². The van der Waals surface area contributed by atoms with Crippen molar-refractivity contribution in [2.45, 2.75) is 50.9 Å². The molecule has 0 radical (unpaired) electrons. The number of ether oxygens (including phenoxy) is 1. The van der Waals surface area contributed by atoms with Gasteiger partial charge in [0.1, 0.15) is 0 Å². The minimum absolute atomic E-state index is 0.168. The molecule has 0 saturated heterocycles. The van der Waals surface area contributed by atoms with Crippen molar-refractivity contribution in [1.29, 1.82) is 0 Å². The first-order valence-electron chi connectivity index (χ1n) is 6.48. The van der Waals surface area contributed by atoms with Crippen LogP contribution in [0.4, 0.5) is 0 Å². The average molecular weight is 333 g/mol. The maximum absolute atomic E-state index is 6.17. The molecule has 100 valence electrons. The van der Waals surface area contributed by atoms with Crippen LogP contribution in [0.5, 0.6) is 0 Å². The molecule has 1 saturated carbocycles. The van der Waals surface area contributed by atoms with Crippen LogP contribution >= 0.6 is 27.5 Å². The molecule has 0 heterocycles. The minimum atomic E-state index is 0.168. The number of rotatable bonds is 3. The highest BCUT2D eigenvalue weighted by Crippen LogP contribution is 2.24. The number of halogens is 2. The van der Waals surface area contributed by atoms with Crippen molar-refractivity contribution in [2.24, 2.45) is 5.73 Å². The van der Waals surface area contributed by atoms with E-state index in [0.717, 1.165) is 27.9 Å². The monoisotopic (exact) mass is 331 g/mol. The van der Waals surface area contributed by atoms with E-state index in [1.54, 1.807) is 0 Å². The molecule has 0 aromatic heterocycles. The number of benzene rings is 1. The highest BCUT2D eigenvalue weighted by molar-refractivity contribution is 9.10. The molecule has 0 bridgehead atoms. The summed E-state index contributed by atoms with van der Waals surface area (Å²) >= 11 is 9.57. The predicted octanol–water partition coefficient (Wildman–Crippen LogP) is 4.28. The lowest BCUT2D eigenvalue weighted by Gasteiger charge is -2.22. The van der Waals surface area contributed by atoms with Crippen molar-refractivity contribution in [3.8, 4) is 0 Å². The fourth-order valence-electron chi connectivity index (χ4n) is 2.34. The summed E-state index contributed by atoms with van der Waals surface area (Å²) < 4.78 is 6.95. The van der Waals surface area contributed by atoms with Crippen LogP contribution in [-0.2, 0) is 11.3 Å². The van der Waals surface area contributed by atoms with Crippen LogP contribution in [0, 0.1) is 0 Å². The molecule has 2 nitrogen and oxygen atoms in total. The Morgan fingerprint density at radius 3 is 2.83 bits per heavy atom. The van der Waals surface area contributed by atoms with Crippen LogP contribution in [-0.4, -0.2) is 12.1 Å². The zero-order chi connectivity index (χ0) is 13.0. The Labute approximate surface area is 122 Å². The van der Waals surface area contributed by atoms with Crippen molar-refractivity contribution in [3.05, 3.63) is 33.3 Å². The summed E-state index contributed by atoms with van der Waals surface area (Å²) in [5.41, 5.74) is 7.16. The lowest BCUT2D eigenvalue weighted by atomic mass is 10.1. The summed E-state index contributed by atoms with van der Waals surface area (Å²) in [5, 5.41) is 0.742. The van der Waals surface area contributed by atoms with Gasteiger partial charge in [0.05, 0.1) is 12.7 Å². The standard InChI is InChI=1S/C14H19BrClNO/c15-11-7-6-10(12(16)8-11)9-18-14-5-3-1-2-4-13(14)17/h6-8,13-14H,1-5,9,17H2. The summed E-state index contributed by atoms with van der Waals surface area (Å²) in [6.07, 6.45) is 6.01. The molecule has 1 aliphatic carbocycles. The Kier molecular flexibility index (Phi) is 5.49. The van der Waals surface area contributed by atoms with E-state index in [2.05, 4.69) is 15.9 Å². The van der Waals surface area contributed by atoms with Crippen molar-refractivity contribution in [3.63, 3.8) is 0 Å². The van der Waals surface area contributed by atoms with E-state index in [4.69, 9.17) is 22.1 Å². The second-order valence-corrected chi connectivity index (χ2v) is 6.21. The molecule has 18 heavy (non-hydrogen) atoms. The Bertz CT molecular complexity index is 399. The summed E-state index contributed by atoms with van der Waals surface area (Å²) in [6.45, 7) is 0.546. The lowest BCUT2D eigenvalue weighted by Crippen LogP contribution is -2.35. The minimum Gasteiger partial charge on any atom is -0.372 e. The van der Waals surface area contributed by atoms with E-state index in [0.29, 0.717) is 6.61 Å². The summed E-state index contributed by atoms with van der Waals surface area (Å²) in [5.74, 6) is 0.